The first-order valence-electron chi connectivity index (χ1n) is 12.5. The lowest BCUT2D eigenvalue weighted by Gasteiger charge is -2.38. The molecule has 5 nitrogen and oxygen atoms in total. The van der Waals surface area contributed by atoms with Crippen LogP contribution in [0.25, 0.3) is 0 Å². The molecular formula is C28H37ClN2O3. The minimum atomic E-state index is -0.320. The maximum atomic E-state index is 13.2. The predicted molar refractivity (Wildman–Crippen MR) is 139 cm³/mol. The summed E-state index contributed by atoms with van der Waals surface area (Å²) in [5, 5.41) is 3.63. The highest BCUT2D eigenvalue weighted by Gasteiger charge is 2.26. The number of carbonyl (C=O) groups excluding carboxylic acids is 2. The number of hydrogen-bond acceptors (Lipinski definition) is 4. The van der Waals surface area contributed by atoms with Gasteiger partial charge in [-0.1, -0.05) is 56.8 Å². The van der Waals surface area contributed by atoms with E-state index in [9.17, 15) is 9.59 Å². The predicted octanol–water partition coefficient (Wildman–Crippen LogP) is 6.28. The maximum absolute atomic E-state index is 13.2. The molecule has 0 saturated heterocycles. The molecule has 1 aliphatic carbocycles. The van der Waals surface area contributed by atoms with Crippen molar-refractivity contribution in [2.24, 2.45) is 5.92 Å². The summed E-state index contributed by atoms with van der Waals surface area (Å²) in [6.07, 6.45) is 6.77. The molecule has 1 saturated carbocycles. The minimum Gasteiger partial charge on any atom is -0.462 e. The van der Waals surface area contributed by atoms with Crippen LogP contribution in [0.15, 0.2) is 42.5 Å². The minimum absolute atomic E-state index is 0.106. The van der Waals surface area contributed by atoms with Crippen molar-refractivity contribution in [1.82, 2.24) is 5.32 Å². The van der Waals surface area contributed by atoms with Gasteiger partial charge in [0.2, 0.25) is 0 Å². The van der Waals surface area contributed by atoms with Crippen molar-refractivity contribution < 1.29 is 14.3 Å². The average Bonchev–Trinajstić information content (AvgIpc) is 2.83. The Morgan fingerprint density at radius 2 is 1.79 bits per heavy atom. The van der Waals surface area contributed by atoms with Crippen molar-refractivity contribution in [1.29, 1.82) is 0 Å². The van der Waals surface area contributed by atoms with Gasteiger partial charge in [0.25, 0.3) is 5.91 Å². The van der Waals surface area contributed by atoms with E-state index in [1.54, 1.807) is 25.1 Å². The van der Waals surface area contributed by atoms with Crippen molar-refractivity contribution in [3.8, 4) is 0 Å². The zero-order valence-electron chi connectivity index (χ0n) is 20.6. The molecule has 1 aliphatic rings. The SMILES string of the molecule is CCOC(=O)c1ccc(CCNC(=O)c2cc(Cl)ccc2N(CC(C)C)C2CCCCC2)cc1. The molecule has 0 heterocycles. The molecule has 0 unspecified atom stereocenters. The number of amides is 1. The topological polar surface area (TPSA) is 58.6 Å². The molecule has 0 aromatic heterocycles. The van der Waals surface area contributed by atoms with Crippen LogP contribution >= 0.6 is 11.6 Å². The summed E-state index contributed by atoms with van der Waals surface area (Å²) in [5.74, 6) is 0.0658. The van der Waals surface area contributed by atoms with E-state index in [1.807, 2.05) is 24.3 Å². The van der Waals surface area contributed by atoms with E-state index in [0.717, 1.165) is 30.6 Å². The van der Waals surface area contributed by atoms with Crippen molar-refractivity contribution in [2.75, 3.05) is 24.6 Å². The number of benzene rings is 2. The van der Waals surface area contributed by atoms with Crippen molar-refractivity contribution in [2.45, 2.75) is 65.3 Å². The van der Waals surface area contributed by atoms with Crippen LogP contribution in [-0.2, 0) is 11.2 Å². The van der Waals surface area contributed by atoms with E-state index in [1.165, 1.54) is 19.3 Å². The van der Waals surface area contributed by atoms with Crippen molar-refractivity contribution in [3.05, 3.63) is 64.2 Å². The van der Waals surface area contributed by atoms with E-state index in [0.29, 0.717) is 47.7 Å². The number of nitrogens with zero attached hydrogens (tertiary/aromatic N) is 1. The van der Waals surface area contributed by atoms with E-state index in [2.05, 4.69) is 24.1 Å². The summed E-state index contributed by atoms with van der Waals surface area (Å²) in [6.45, 7) is 8.00. The van der Waals surface area contributed by atoms with Gasteiger partial charge in [-0.2, -0.15) is 0 Å². The summed E-state index contributed by atoms with van der Waals surface area (Å²) in [5.41, 5.74) is 3.19. The Morgan fingerprint density at radius 3 is 2.44 bits per heavy atom. The Bertz CT molecular complexity index is 953. The second-order valence-electron chi connectivity index (χ2n) is 9.42. The summed E-state index contributed by atoms with van der Waals surface area (Å²) in [7, 11) is 0. The molecular weight excluding hydrogens is 448 g/mol. The van der Waals surface area contributed by atoms with E-state index < -0.39 is 0 Å². The van der Waals surface area contributed by atoms with Crippen molar-refractivity contribution >= 4 is 29.2 Å². The number of ether oxygens (including phenoxy) is 1. The summed E-state index contributed by atoms with van der Waals surface area (Å²) >= 11 is 6.31. The zero-order valence-corrected chi connectivity index (χ0v) is 21.4. The lowest BCUT2D eigenvalue weighted by Crippen LogP contribution is -2.41. The fourth-order valence-corrected chi connectivity index (χ4v) is 4.78. The van der Waals surface area contributed by atoms with Gasteiger partial charge in [0.15, 0.2) is 0 Å². The van der Waals surface area contributed by atoms with Crippen molar-refractivity contribution in [3.63, 3.8) is 0 Å². The van der Waals surface area contributed by atoms with Crippen LogP contribution in [-0.4, -0.2) is 37.6 Å². The Hall–Kier alpha value is -2.53. The number of nitrogens with one attached hydrogen (secondary N) is 1. The first-order chi connectivity index (χ1) is 16.4. The van der Waals surface area contributed by atoms with Gasteiger partial charge in [0.05, 0.1) is 17.7 Å². The number of halogens is 1. The maximum Gasteiger partial charge on any atom is 0.338 e. The third-order valence-corrected chi connectivity index (χ3v) is 6.49. The number of anilines is 1. The lowest BCUT2D eigenvalue weighted by molar-refractivity contribution is 0.0526. The standard InChI is InChI=1S/C28H37ClN2O3/c1-4-34-28(33)22-12-10-21(11-13-22)16-17-30-27(32)25-18-23(29)14-15-26(25)31(19-20(2)3)24-8-6-5-7-9-24/h10-15,18,20,24H,4-9,16-17,19H2,1-3H3,(H,30,32). The third-order valence-electron chi connectivity index (χ3n) is 6.25. The van der Waals surface area contributed by atoms with E-state index >= 15 is 0 Å². The summed E-state index contributed by atoms with van der Waals surface area (Å²) in [6, 6.07) is 13.5. The Labute approximate surface area is 208 Å². The molecule has 0 atom stereocenters. The van der Waals surface area contributed by atoms with Gasteiger partial charge in [-0.3, -0.25) is 4.79 Å². The number of hydrogen-bond donors (Lipinski definition) is 1. The molecule has 1 amide bonds. The molecule has 1 N–H and O–H groups in total. The van der Waals surface area contributed by atoms with Gasteiger partial charge in [-0.05, 0) is 68.0 Å². The van der Waals surface area contributed by atoms with Crippen LogP contribution < -0.4 is 10.2 Å². The lowest BCUT2D eigenvalue weighted by atomic mass is 9.92. The molecule has 1 fully saturated rings. The molecule has 0 spiro atoms. The van der Waals surface area contributed by atoms with Gasteiger partial charge < -0.3 is 15.0 Å². The number of carbonyl (C=O) groups is 2. The molecule has 0 bridgehead atoms. The molecule has 0 radical (unpaired) electrons. The van der Waals surface area contributed by atoms with Crippen LogP contribution in [0.5, 0.6) is 0 Å². The highest BCUT2D eigenvalue weighted by molar-refractivity contribution is 6.31. The van der Waals surface area contributed by atoms with Crippen LogP contribution in [0.3, 0.4) is 0 Å². The quantitative estimate of drug-likeness (QED) is 0.403. The molecule has 2 aromatic carbocycles. The third kappa shape index (κ3) is 7.23. The van der Waals surface area contributed by atoms with Gasteiger partial charge in [0, 0.05) is 29.8 Å². The number of rotatable bonds is 10. The van der Waals surface area contributed by atoms with Crippen LogP contribution in [0, 0.1) is 5.92 Å². The summed E-state index contributed by atoms with van der Waals surface area (Å²) in [4.78, 5) is 27.5. The Balaban J connectivity index is 1.69. The highest BCUT2D eigenvalue weighted by atomic mass is 35.5. The van der Waals surface area contributed by atoms with E-state index in [-0.39, 0.29) is 11.9 Å². The zero-order chi connectivity index (χ0) is 24.5. The molecule has 2 aromatic rings. The Morgan fingerprint density at radius 1 is 1.09 bits per heavy atom. The smallest absolute Gasteiger partial charge is 0.338 e. The van der Waals surface area contributed by atoms with Gasteiger partial charge in [-0.15, -0.1) is 0 Å². The van der Waals surface area contributed by atoms with Gasteiger partial charge in [0.1, 0.15) is 0 Å². The average molecular weight is 485 g/mol. The number of esters is 1. The Kier molecular flexibility index (Phi) is 9.82. The summed E-state index contributed by atoms with van der Waals surface area (Å²) < 4.78 is 5.03. The molecule has 3 rings (SSSR count). The van der Waals surface area contributed by atoms with Crippen LogP contribution in [0.1, 0.15) is 79.2 Å². The van der Waals surface area contributed by atoms with Gasteiger partial charge in [-0.25, -0.2) is 4.79 Å². The first-order valence-corrected chi connectivity index (χ1v) is 12.9. The van der Waals surface area contributed by atoms with E-state index in [4.69, 9.17) is 16.3 Å². The normalized spacial score (nSPS) is 14.1. The molecule has 0 aliphatic heterocycles. The largest absolute Gasteiger partial charge is 0.462 e. The van der Waals surface area contributed by atoms with Gasteiger partial charge >= 0.3 is 5.97 Å². The molecule has 184 valence electrons. The van der Waals surface area contributed by atoms with Crippen LogP contribution in [0.2, 0.25) is 5.02 Å². The first kappa shape index (κ1) is 26.1. The van der Waals surface area contributed by atoms with Crippen LogP contribution in [0.4, 0.5) is 5.69 Å². The second kappa shape index (κ2) is 12.8. The highest BCUT2D eigenvalue weighted by Crippen LogP contribution is 2.32. The molecule has 34 heavy (non-hydrogen) atoms. The fraction of sp³-hybridized carbons (Fsp3) is 0.500. The monoisotopic (exact) mass is 484 g/mol. The fourth-order valence-electron chi connectivity index (χ4n) is 4.61. The molecule has 6 heteroatoms. The second-order valence-corrected chi connectivity index (χ2v) is 9.86.